The minimum atomic E-state index is 0.410. The van der Waals surface area contributed by atoms with Crippen LogP contribution in [0.3, 0.4) is 0 Å². The van der Waals surface area contributed by atoms with E-state index in [2.05, 4.69) is 30.7 Å². The zero-order chi connectivity index (χ0) is 10.6. The summed E-state index contributed by atoms with van der Waals surface area (Å²) in [6.07, 6.45) is 2.48. The molecule has 0 aromatic rings. The zero-order valence-corrected chi connectivity index (χ0v) is 9.87. The van der Waals surface area contributed by atoms with Gasteiger partial charge in [0.1, 0.15) is 0 Å². The second kappa shape index (κ2) is 5.69. The van der Waals surface area contributed by atoms with Crippen LogP contribution in [0.25, 0.3) is 0 Å². The Kier molecular flexibility index (Phi) is 4.85. The molecule has 0 radical (unpaired) electrons. The fraction of sp³-hybridized carbons (Fsp3) is 1.00. The SMILES string of the molecule is CC(C)N(C)CCN1CCCC(N)C1. The highest BCUT2D eigenvalue weighted by Gasteiger charge is 2.16. The summed E-state index contributed by atoms with van der Waals surface area (Å²) in [5.74, 6) is 0. The van der Waals surface area contributed by atoms with Gasteiger partial charge in [-0.05, 0) is 40.3 Å². The molecule has 3 heteroatoms. The number of nitrogens with zero attached hydrogens (tertiary/aromatic N) is 2. The quantitative estimate of drug-likeness (QED) is 0.725. The molecule has 0 aliphatic carbocycles. The van der Waals surface area contributed by atoms with Gasteiger partial charge in [-0.1, -0.05) is 0 Å². The Morgan fingerprint density at radius 2 is 2.21 bits per heavy atom. The van der Waals surface area contributed by atoms with Crippen molar-refractivity contribution in [3.63, 3.8) is 0 Å². The number of hydrogen-bond acceptors (Lipinski definition) is 3. The number of rotatable bonds is 4. The largest absolute Gasteiger partial charge is 0.327 e. The van der Waals surface area contributed by atoms with E-state index in [1.165, 1.54) is 25.9 Å². The van der Waals surface area contributed by atoms with Crippen LogP contribution in [0, 0.1) is 0 Å². The lowest BCUT2D eigenvalue weighted by Crippen LogP contribution is -2.45. The van der Waals surface area contributed by atoms with E-state index >= 15 is 0 Å². The molecule has 1 atom stereocenters. The molecule has 1 saturated heterocycles. The average Bonchev–Trinajstić information content (AvgIpc) is 2.14. The van der Waals surface area contributed by atoms with Crippen LogP contribution in [0.2, 0.25) is 0 Å². The van der Waals surface area contributed by atoms with Gasteiger partial charge in [-0.2, -0.15) is 0 Å². The van der Waals surface area contributed by atoms with Crippen LogP contribution in [-0.2, 0) is 0 Å². The van der Waals surface area contributed by atoms with Gasteiger partial charge in [-0.15, -0.1) is 0 Å². The topological polar surface area (TPSA) is 32.5 Å². The molecular weight excluding hydrogens is 174 g/mol. The van der Waals surface area contributed by atoms with Gasteiger partial charge in [0.15, 0.2) is 0 Å². The van der Waals surface area contributed by atoms with Gasteiger partial charge in [-0.3, -0.25) is 0 Å². The van der Waals surface area contributed by atoms with Crippen molar-refractivity contribution in [1.82, 2.24) is 9.80 Å². The van der Waals surface area contributed by atoms with Crippen molar-refractivity contribution < 1.29 is 0 Å². The maximum absolute atomic E-state index is 5.94. The molecule has 0 spiro atoms. The highest BCUT2D eigenvalue weighted by molar-refractivity contribution is 4.75. The van der Waals surface area contributed by atoms with Crippen molar-refractivity contribution in [3.8, 4) is 0 Å². The first-order valence-electron chi connectivity index (χ1n) is 5.77. The van der Waals surface area contributed by atoms with Gasteiger partial charge in [0.25, 0.3) is 0 Å². The Labute approximate surface area is 88.2 Å². The number of hydrogen-bond donors (Lipinski definition) is 1. The Morgan fingerprint density at radius 1 is 1.50 bits per heavy atom. The van der Waals surface area contributed by atoms with E-state index in [1.54, 1.807) is 0 Å². The molecule has 1 unspecified atom stereocenters. The summed E-state index contributed by atoms with van der Waals surface area (Å²) < 4.78 is 0. The van der Waals surface area contributed by atoms with Gasteiger partial charge in [-0.25, -0.2) is 0 Å². The van der Waals surface area contributed by atoms with Crippen LogP contribution >= 0.6 is 0 Å². The van der Waals surface area contributed by atoms with E-state index < -0.39 is 0 Å². The molecule has 0 aromatic heterocycles. The van der Waals surface area contributed by atoms with Crippen molar-refractivity contribution in [2.45, 2.75) is 38.8 Å². The van der Waals surface area contributed by atoms with Gasteiger partial charge in [0.05, 0.1) is 0 Å². The van der Waals surface area contributed by atoms with Crippen molar-refractivity contribution in [2.24, 2.45) is 5.73 Å². The number of nitrogens with two attached hydrogens (primary N) is 1. The van der Waals surface area contributed by atoms with E-state index in [1.807, 2.05) is 0 Å². The van der Waals surface area contributed by atoms with Crippen molar-refractivity contribution >= 4 is 0 Å². The smallest absolute Gasteiger partial charge is 0.0168 e. The van der Waals surface area contributed by atoms with Crippen molar-refractivity contribution in [1.29, 1.82) is 0 Å². The third-order valence-corrected chi connectivity index (χ3v) is 3.19. The maximum atomic E-state index is 5.94. The summed E-state index contributed by atoms with van der Waals surface area (Å²) >= 11 is 0. The monoisotopic (exact) mass is 199 g/mol. The predicted octanol–water partition coefficient (Wildman–Crippen LogP) is 0.750. The fourth-order valence-electron chi connectivity index (χ4n) is 1.85. The maximum Gasteiger partial charge on any atom is 0.0168 e. The molecule has 1 rings (SSSR count). The summed E-state index contributed by atoms with van der Waals surface area (Å²) in [5.41, 5.74) is 5.94. The van der Waals surface area contributed by atoms with Crippen LogP contribution in [-0.4, -0.2) is 55.1 Å². The van der Waals surface area contributed by atoms with E-state index in [-0.39, 0.29) is 0 Å². The Hall–Kier alpha value is -0.120. The number of likely N-dealkylation sites (tertiary alicyclic amines) is 1. The molecule has 1 aliphatic rings. The lowest BCUT2D eigenvalue weighted by Gasteiger charge is -2.32. The summed E-state index contributed by atoms with van der Waals surface area (Å²) in [6, 6.07) is 1.06. The molecule has 0 saturated carbocycles. The minimum Gasteiger partial charge on any atom is -0.327 e. The normalized spacial score (nSPS) is 24.9. The fourth-order valence-corrected chi connectivity index (χ4v) is 1.85. The van der Waals surface area contributed by atoms with E-state index in [0.29, 0.717) is 12.1 Å². The molecule has 0 aromatic carbocycles. The highest BCUT2D eigenvalue weighted by Crippen LogP contribution is 2.07. The lowest BCUT2D eigenvalue weighted by molar-refractivity contribution is 0.170. The van der Waals surface area contributed by atoms with Crippen LogP contribution in [0.4, 0.5) is 0 Å². The summed E-state index contributed by atoms with van der Waals surface area (Å²) in [5, 5.41) is 0. The second-order valence-electron chi connectivity index (χ2n) is 4.78. The van der Waals surface area contributed by atoms with Crippen LogP contribution in [0.15, 0.2) is 0 Å². The number of piperidine rings is 1. The molecule has 1 aliphatic heterocycles. The van der Waals surface area contributed by atoms with Crippen molar-refractivity contribution in [2.75, 3.05) is 33.2 Å². The predicted molar refractivity (Wildman–Crippen MR) is 61.4 cm³/mol. The first-order valence-corrected chi connectivity index (χ1v) is 5.77. The van der Waals surface area contributed by atoms with Gasteiger partial charge < -0.3 is 15.5 Å². The van der Waals surface area contributed by atoms with Gasteiger partial charge in [0.2, 0.25) is 0 Å². The van der Waals surface area contributed by atoms with E-state index in [9.17, 15) is 0 Å². The molecule has 2 N–H and O–H groups in total. The Balaban J connectivity index is 2.17. The van der Waals surface area contributed by atoms with E-state index in [0.717, 1.165) is 13.1 Å². The third-order valence-electron chi connectivity index (χ3n) is 3.19. The highest BCUT2D eigenvalue weighted by atomic mass is 15.2. The third kappa shape index (κ3) is 3.95. The van der Waals surface area contributed by atoms with Gasteiger partial charge in [0, 0.05) is 31.7 Å². The Morgan fingerprint density at radius 3 is 2.79 bits per heavy atom. The number of likely N-dealkylation sites (N-methyl/N-ethyl adjacent to an activating group) is 1. The summed E-state index contributed by atoms with van der Waals surface area (Å²) in [4.78, 5) is 4.88. The molecule has 0 bridgehead atoms. The minimum absolute atomic E-state index is 0.410. The molecule has 1 heterocycles. The molecular formula is C11H25N3. The van der Waals surface area contributed by atoms with Crippen LogP contribution < -0.4 is 5.73 Å². The van der Waals surface area contributed by atoms with E-state index in [4.69, 9.17) is 5.73 Å². The molecule has 84 valence electrons. The molecule has 1 fully saturated rings. The average molecular weight is 199 g/mol. The molecule has 0 amide bonds. The van der Waals surface area contributed by atoms with Crippen LogP contribution in [0.5, 0.6) is 0 Å². The zero-order valence-electron chi connectivity index (χ0n) is 9.87. The molecule has 3 nitrogen and oxygen atoms in total. The van der Waals surface area contributed by atoms with Gasteiger partial charge >= 0.3 is 0 Å². The lowest BCUT2D eigenvalue weighted by atomic mass is 10.1. The summed E-state index contributed by atoms with van der Waals surface area (Å²) in [6.45, 7) is 9.13. The Bertz CT molecular complexity index is 159. The van der Waals surface area contributed by atoms with Crippen molar-refractivity contribution in [3.05, 3.63) is 0 Å². The molecule has 14 heavy (non-hydrogen) atoms. The van der Waals surface area contributed by atoms with Crippen LogP contribution in [0.1, 0.15) is 26.7 Å². The first kappa shape index (κ1) is 12.0. The second-order valence-corrected chi connectivity index (χ2v) is 4.78. The summed E-state index contributed by atoms with van der Waals surface area (Å²) in [7, 11) is 2.19. The first-order chi connectivity index (χ1) is 6.59. The standard InChI is InChI=1S/C11H25N3/c1-10(2)13(3)7-8-14-6-4-5-11(12)9-14/h10-11H,4-9,12H2,1-3H3.